The molecule has 120 valence electrons. The Labute approximate surface area is 131 Å². The summed E-state index contributed by atoms with van der Waals surface area (Å²) in [5, 5.41) is 3.25. The fraction of sp³-hybridized carbons (Fsp3) is 0.538. The number of benzene rings is 1. The van der Waals surface area contributed by atoms with Crippen molar-refractivity contribution in [2.24, 2.45) is 0 Å². The Bertz CT molecular complexity index is 462. The number of piperazine rings is 1. The average Bonchev–Trinajstić information content (AvgIpc) is 2.36. The molecular formula is C13H16Cl2F4N2. The van der Waals surface area contributed by atoms with Gasteiger partial charge in [-0.3, -0.25) is 4.90 Å². The van der Waals surface area contributed by atoms with Crippen LogP contribution in [0.15, 0.2) is 18.2 Å². The zero-order valence-corrected chi connectivity index (χ0v) is 12.7. The molecule has 0 unspecified atom stereocenters. The van der Waals surface area contributed by atoms with Gasteiger partial charge in [-0.25, -0.2) is 4.39 Å². The van der Waals surface area contributed by atoms with Gasteiger partial charge in [0.05, 0.1) is 6.42 Å². The highest BCUT2D eigenvalue weighted by molar-refractivity contribution is 6.30. The van der Waals surface area contributed by atoms with E-state index < -0.39 is 24.5 Å². The van der Waals surface area contributed by atoms with Gasteiger partial charge in [-0.15, -0.1) is 12.4 Å². The van der Waals surface area contributed by atoms with E-state index >= 15 is 0 Å². The average molecular weight is 347 g/mol. The molecule has 1 saturated heterocycles. The van der Waals surface area contributed by atoms with E-state index in [1.807, 2.05) is 0 Å². The van der Waals surface area contributed by atoms with Crippen molar-refractivity contribution < 1.29 is 17.6 Å². The number of nitrogens with zero attached hydrogens (tertiary/aromatic N) is 1. The van der Waals surface area contributed by atoms with Gasteiger partial charge in [-0.1, -0.05) is 17.7 Å². The van der Waals surface area contributed by atoms with E-state index in [0.717, 1.165) is 6.07 Å². The van der Waals surface area contributed by atoms with Crippen LogP contribution in [0.5, 0.6) is 0 Å². The van der Waals surface area contributed by atoms with Crippen LogP contribution in [-0.4, -0.2) is 37.3 Å². The summed E-state index contributed by atoms with van der Waals surface area (Å²) in [5.74, 6) is -0.690. The molecular weight excluding hydrogens is 331 g/mol. The third kappa shape index (κ3) is 5.29. The van der Waals surface area contributed by atoms with Crippen molar-refractivity contribution in [2.45, 2.75) is 18.6 Å². The summed E-state index contributed by atoms with van der Waals surface area (Å²) in [5.41, 5.74) is 0.0497. The molecule has 0 aromatic heterocycles. The van der Waals surface area contributed by atoms with Crippen LogP contribution in [0.3, 0.4) is 0 Å². The predicted octanol–water partition coefficient (Wildman–Crippen LogP) is 3.80. The van der Waals surface area contributed by atoms with E-state index in [1.165, 1.54) is 12.1 Å². The fourth-order valence-electron chi connectivity index (χ4n) is 2.42. The molecule has 2 nitrogen and oxygen atoms in total. The summed E-state index contributed by atoms with van der Waals surface area (Å²) in [6.45, 7) is 2.12. The Morgan fingerprint density at radius 3 is 2.38 bits per heavy atom. The summed E-state index contributed by atoms with van der Waals surface area (Å²) < 4.78 is 52.2. The van der Waals surface area contributed by atoms with Crippen LogP contribution in [0.25, 0.3) is 0 Å². The minimum absolute atomic E-state index is 0. The molecule has 0 amide bonds. The summed E-state index contributed by atoms with van der Waals surface area (Å²) in [7, 11) is 0. The van der Waals surface area contributed by atoms with Gasteiger partial charge in [0.25, 0.3) is 0 Å². The van der Waals surface area contributed by atoms with Crippen LogP contribution < -0.4 is 5.32 Å². The van der Waals surface area contributed by atoms with Crippen molar-refractivity contribution in [1.82, 2.24) is 10.2 Å². The lowest BCUT2D eigenvalue weighted by atomic mass is 10.00. The van der Waals surface area contributed by atoms with Crippen molar-refractivity contribution in [2.75, 3.05) is 26.2 Å². The van der Waals surface area contributed by atoms with Gasteiger partial charge in [0.1, 0.15) is 5.82 Å². The topological polar surface area (TPSA) is 15.3 Å². The second-order valence-corrected chi connectivity index (χ2v) is 5.22. The molecule has 0 saturated carbocycles. The van der Waals surface area contributed by atoms with E-state index in [0.29, 0.717) is 26.2 Å². The van der Waals surface area contributed by atoms with Crippen LogP contribution in [0, 0.1) is 5.82 Å². The SMILES string of the molecule is Cl.Fc1cc(Cl)ccc1[C@H](CC(F)(F)F)N1CCNCC1. The van der Waals surface area contributed by atoms with Crippen LogP contribution in [-0.2, 0) is 0 Å². The Morgan fingerprint density at radius 1 is 1.24 bits per heavy atom. The number of rotatable bonds is 3. The molecule has 1 aromatic carbocycles. The lowest BCUT2D eigenvalue weighted by molar-refractivity contribution is -0.149. The summed E-state index contributed by atoms with van der Waals surface area (Å²) in [4.78, 5) is 1.66. The van der Waals surface area contributed by atoms with Gasteiger partial charge >= 0.3 is 6.18 Å². The van der Waals surface area contributed by atoms with E-state index in [1.54, 1.807) is 4.90 Å². The fourth-order valence-corrected chi connectivity index (χ4v) is 2.58. The molecule has 1 aliphatic heterocycles. The third-order valence-electron chi connectivity index (χ3n) is 3.34. The van der Waals surface area contributed by atoms with Gasteiger partial charge in [0, 0.05) is 42.8 Å². The van der Waals surface area contributed by atoms with Crippen molar-refractivity contribution in [3.63, 3.8) is 0 Å². The zero-order chi connectivity index (χ0) is 14.8. The van der Waals surface area contributed by atoms with E-state index in [9.17, 15) is 17.6 Å². The molecule has 1 aliphatic rings. The lowest BCUT2D eigenvalue weighted by Gasteiger charge is -2.35. The Kier molecular flexibility index (Phi) is 6.71. The standard InChI is InChI=1S/C13H15ClF4N2.ClH/c14-9-1-2-10(11(15)7-9)12(8-13(16,17)18)20-5-3-19-4-6-20;/h1-2,7,12,19H,3-6,8H2;1H/t12-;/m0./s1. The van der Waals surface area contributed by atoms with Gasteiger partial charge in [0.2, 0.25) is 0 Å². The van der Waals surface area contributed by atoms with Crippen molar-refractivity contribution in [3.8, 4) is 0 Å². The molecule has 2 rings (SSSR count). The van der Waals surface area contributed by atoms with Crippen LogP contribution in [0.1, 0.15) is 18.0 Å². The van der Waals surface area contributed by atoms with Crippen molar-refractivity contribution in [1.29, 1.82) is 0 Å². The Balaban J connectivity index is 0.00000220. The quantitative estimate of drug-likeness (QED) is 0.837. The summed E-state index contributed by atoms with van der Waals surface area (Å²) in [6.07, 6.45) is -5.41. The van der Waals surface area contributed by atoms with E-state index in [4.69, 9.17) is 11.6 Å². The maximum absolute atomic E-state index is 13.9. The molecule has 1 heterocycles. The summed E-state index contributed by atoms with van der Waals surface area (Å²) >= 11 is 5.65. The van der Waals surface area contributed by atoms with Crippen molar-refractivity contribution >= 4 is 24.0 Å². The third-order valence-corrected chi connectivity index (χ3v) is 3.57. The smallest absolute Gasteiger partial charge is 0.314 e. The second-order valence-electron chi connectivity index (χ2n) is 4.79. The molecule has 21 heavy (non-hydrogen) atoms. The zero-order valence-electron chi connectivity index (χ0n) is 11.1. The second kappa shape index (κ2) is 7.63. The molecule has 1 fully saturated rings. The van der Waals surface area contributed by atoms with Crippen LogP contribution >= 0.6 is 24.0 Å². The highest BCUT2D eigenvalue weighted by atomic mass is 35.5. The maximum atomic E-state index is 13.9. The monoisotopic (exact) mass is 346 g/mol. The minimum Gasteiger partial charge on any atom is -0.314 e. The van der Waals surface area contributed by atoms with Gasteiger partial charge in [0.15, 0.2) is 0 Å². The number of alkyl halides is 3. The molecule has 0 aliphatic carbocycles. The first-order chi connectivity index (χ1) is 9.37. The number of hydrogen-bond acceptors (Lipinski definition) is 2. The molecule has 8 heteroatoms. The maximum Gasteiger partial charge on any atom is 0.390 e. The van der Waals surface area contributed by atoms with E-state index in [-0.39, 0.29) is 23.0 Å². The lowest BCUT2D eigenvalue weighted by Crippen LogP contribution is -2.46. The Morgan fingerprint density at radius 2 is 1.86 bits per heavy atom. The molecule has 1 N–H and O–H groups in total. The largest absolute Gasteiger partial charge is 0.390 e. The Hall–Kier alpha value is -0.560. The van der Waals surface area contributed by atoms with E-state index in [2.05, 4.69) is 5.32 Å². The first-order valence-electron chi connectivity index (χ1n) is 6.33. The predicted molar refractivity (Wildman–Crippen MR) is 76.5 cm³/mol. The molecule has 1 aromatic rings. The van der Waals surface area contributed by atoms with Gasteiger partial charge in [-0.2, -0.15) is 13.2 Å². The first-order valence-corrected chi connectivity index (χ1v) is 6.71. The minimum atomic E-state index is -4.35. The van der Waals surface area contributed by atoms with Crippen molar-refractivity contribution in [3.05, 3.63) is 34.6 Å². The molecule has 0 bridgehead atoms. The van der Waals surface area contributed by atoms with Gasteiger partial charge < -0.3 is 5.32 Å². The van der Waals surface area contributed by atoms with Crippen LogP contribution in [0.2, 0.25) is 5.02 Å². The number of halogens is 6. The molecule has 1 atom stereocenters. The summed E-state index contributed by atoms with van der Waals surface area (Å²) in [6, 6.07) is 2.82. The normalized spacial score (nSPS) is 18.1. The highest BCUT2D eigenvalue weighted by Gasteiger charge is 2.37. The first kappa shape index (κ1) is 18.5. The molecule has 0 radical (unpaired) electrons. The number of nitrogens with one attached hydrogen (secondary N) is 1. The van der Waals surface area contributed by atoms with Crippen LogP contribution in [0.4, 0.5) is 17.6 Å². The number of hydrogen-bond donors (Lipinski definition) is 1. The highest BCUT2D eigenvalue weighted by Crippen LogP contribution is 2.35. The van der Waals surface area contributed by atoms with Gasteiger partial charge in [-0.05, 0) is 12.1 Å². The molecule has 0 spiro atoms.